The van der Waals surface area contributed by atoms with Crippen molar-refractivity contribution < 1.29 is 9.47 Å². The molecule has 1 rings (SSSR count). The van der Waals surface area contributed by atoms with Gasteiger partial charge in [-0.1, -0.05) is 13.8 Å². The van der Waals surface area contributed by atoms with Crippen molar-refractivity contribution in [3.05, 3.63) is 0 Å². The maximum atomic E-state index is 5.62. The Hall–Kier alpha value is -1.10. The summed E-state index contributed by atoms with van der Waals surface area (Å²) in [5.74, 6) is 1.63. The Kier molecular flexibility index (Phi) is 4.51. The van der Waals surface area contributed by atoms with E-state index in [0.717, 1.165) is 0 Å². The largest absolute Gasteiger partial charge is 0.483 e. The van der Waals surface area contributed by atoms with Crippen LogP contribution in [0.1, 0.15) is 27.2 Å². The number of methoxy groups -OCH3 is 2. The molecule has 17 heavy (non-hydrogen) atoms. The molecule has 5 nitrogen and oxygen atoms in total. The third-order valence-corrected chi connectivity index (χ3v) is 2.99. The van der Waals surface area contributed by atoms with Crippen LogP contribution in [0.15, 0.2) is 9.98 Å². The first-order valence-electron chi connectivity index (χ1n) is 5.94. The summed E-state index contributed by atoms with van der Waals surface area (Å²) in [7, 11) is 3.25. The molecule has 2 atom stereocenters. The molecule has 0 aliphatic carbocycles. The number of hydrogen-bond acceptors (Lipinski definition) is 5. The van der Waals surface area contributed by atoms with Crippen molar-refractivity contribution in [2.45, 2.75) is 38.8 Å². The minimum Gasteiger partial charge on any atom is -0.483 e. The SMILES string of the molecule is COC1=N[C@@](C)(CCN)C(OC)=N[C@@H]1C(C)C. The number of rotatable bonds is 3. The molecule has 5 heteroatoms. The summed E-state index contributed by atoms with van der Waals surface area (Å²) in [4.78, 5) is 9.24. The molecule has 0 aromatic carbocycles. The second kappa shape index (κ2) is 5.49. The Morgan fingerprint density at radius 1 is 1.35 bits per heavy atom. The maximum absolute atomic E-state index is 5.62. The number of nitrogens with zero attached hydrogens (tertiary/aromatic N) is 2. The van der Waals surface area contributed by atoms with E-state index in [1.165, 1.54) is 0 Å². The van der Waals surface area contributed by atoms with E-state index < -0.39 is 5.54 Å². The van der Waals surface area contributed by atoms with Gasteiger partial charge in [-0.15, -0.1) is 0 Å². The third-order valence-electron chi connectivity index (χ3n) is 2.99. The fourth-order valence-electron chi connectivity index (χ4n) is 1.99. The van der Waals surface area contributed by atoms with Gasteiger partial charge in [0.25, 0.3) is 0 Å². The Morgan fingerprint density at radius 3 is 2.41 bits per heavy atom. The van der Waals surface area contributed by atoms with E-state index >= 15 is 0 Å². The minimum absolute atomic E-state index is 0.0687. The van der Waals surface area contributed by atoms with Crippen molar-refractivity contribution in [1.29, 1.82) is 0 Å². The average Bonchev–Trinajstić information content (AvgIpc) is 2.28. The van der Waals surface area contributed by atoms with Crippen molar-refractivity contribution in [2.75, 3.05) is 20.8 Å². The fraction of sp³-hybridized carbons (Fsp3) is 0.833. The number of aliphatic imine (C=N–C) groups is 2. The molecule has 1 aliphatic heterocycles. The highest BCUT2D eigenvalue weighted by molar-refractivity contribution is 5.96. The van der Waals surface area contributed by atoms with Crippen LogP contribution < -0.4 is 5.73 Å². The highest BCUT2D eigenvalue weighted by atomic mass is 16.5. The number of hydrogen-bond donors (Lipinski definition) is 1. The summed E-state index contributed by atoms with van der Waals surface area (Å²) in [6.07, 6.45) is 0.692. The van der Waals surface area contributed by atoms with E-state index in [9.17, 15) is 0 Å². The van der Waals surface area contributed by atoms with E-state index in [0.29, 0.717) is 30.7 Å². The summed E-state index contributed by atoms with van der Waals surface area (Å²) >= 11 is 0. The highest BCUT2D eigenvalue weighted by Crippen LogP contribution is 2.26. The molecule has 0 bridgehead atoms. The van der Waals surface area contributed by atoms with Gasteiger partial charge in [0.2, 0.25) is 11.8 Å². The zero-order chi connectivity index (χ0) is 13.1. The lowest BCUT2D eigenvalue weighted by atomic mass is 9.94. The van der Waals surface area contributed by atoms with Crippen LogP contribution >= 0.6 is 0 Å². The van der Waals surface area contributed by atoms with Crippen LogP contribution in [0, 0.1) is 5.92 Å². The Morgan fingerprint density at radius 2 is 2.00 bits per heavy atom. The molecule has 0 saturated heterocycles. The molecule has 0 aromatic rings. The lowest BCUT2D eigenvalue weighted by molar-refractivity contribution is 0.306. The van der Waals surface area contributed by atoms with Gasteiger partial charge in [-0.3, -0.25) is 0 Å². The standard InChI is InChI=1S/C12H23N3O2/c1-8(2)9-10(16-4)15-12(3,6-7-13)11(14-9)17-5/h8-9H,6-7,13H2,1-5H3/t9-,12+/m1/s1. The normalized spacial score (nSPS) is 28.8. The van der Waals surface area contributed by atoms with Gasteiger partial charge in [-0.25, -0.2) is 9.98 Å². The molecule has 0 unspecified atom stereocenters. The Balaban J connectivity index is 3.10. The van der Waals surface area contributed by atoms with Gasteiger partial charge in [0.1, 0.15) is 11.6 Å². The molecule has 1 aliphatic rings. The monoisotopic (exact) mass is 241 g/mol. The quantitative estimate of drug-likeness (QED) is 0.807. The zero-order valence-corrected chi connectivity index (χ0v) is 11.4. The maximum Gasteiger partial charge on any atom is 0.212 e. The number of nitrogens with two attached hydrogens (primary N) is 1. The van der Waals surface area contributed by atoms with Gasteiger partial charge in [0.15, 0.2) is 0 Å². The van der Waals surface area contributed by atoms with Crippen LogP contribution in [0.5, 0.6) is 0 Å². The van der Waals surface area contributed by atoms with Crippen LogP contribution in [0.2, 0.25) is 0 Å². The first-order valence-corrected chi connectivity index (χ1v) is 5.94. The summed E-state index contributed by atoms with van der Waals surface area (Å²) in [6.45, 7) is 6.67. The Labute approximate surface area is 103 Å². The van der Waals surface area contributed by atoms with Crippen LogP contribution in [-0.4, -0.2) is 44.1 Å². The van der Waals surface area contributed by atoms with Gasteiger partial charge >= 0.3 is 0 Å². The Bertz CT molecular complexity index is 326. The summed E-state index contributed by atoms with van der Waals surface area (Å²) in [6, 6.07) is -0.0687. The molecular weight excluding hydrogens is 218 g/mol. The zero-order valence-electron chi connectivity index (χ0n) is 11.4. The molecule has 0 fully saturated rings. The number of ether oxygens (including phenoxy) is 2. The lowest BCUT2D eigenvalue weighted by Gasteiger charge is -2.33. The van der Waals surface area contributed by atoms with E-state index in [1.807, 2.05) is 6.92 Å². The van der Waals surface area contributed by atoms with Crippen molar-refractivity contribution in [3.63, 3.8) is 0 Å². The van der Waals surface area contributed by atoms with E-state index in [2.05, 4.69) is 23.8 Å². The summed E-state index contributed by atoms with van der Waals surface area (Å²) in [5, 5.41) is 0. The average molecular weight is 241 g/mol. The summed E-state index contributed by atoms with van der Waals surface area (Å²) in [5.41, 5.74) is 5.12. The fourth-order valence-corrected chi connectivity index (χ4v) is 1.99. The second-order valence-electron chi connectivity index (χ2n) is 4.79. The second-order valence-corrected chi connectivity index (χ2v) is 4.79. The molecule has 0 spiro atoms. The highest BCUT2D eigenvalue weighted by Gasteiger charge is 2.39. The first kappa shape index (κ1) is 14.0. The van der Waals surface area contributed by atoms with Crippen molar-refractivity contribution in [2.24, 2.45) is 21.6 Å². The van der Waals surface area contributed by atoms with Crippen molar-refractivity contribution >= 4 is 11.8 Å². The van der Waals surface area contributed by atoms with Gasteiger partial charge in [0.05, 0.1) is 14.2 Å². The topological polar surface area (TPSA) is 69.2 Å². The van der Waals surface area contributed by atoms with Crippen LogP contribution in [0.25, 0.3) is 0 Å². The molecule has 0 radical (unpaired) electrons. The third kappa shape index (κ3) is 2.77. The van der Waals surface area contributed by atoms with Gasteiger partial charge in [-0.2, -0.15) is 0 Å². The van der Waals surface area contributed by atoms with Crippen LogP contribution in [0.4, 0.5) is 0 Å². The molecule has 0 amide bonds. The van der Waals surface area contributed by atoms with Gasteiger partial charge in [0, 0.05) is 0 Å². The van der Waals surface area contributed by atoms with E-state index in [4.69, 9.17) is 15.2 Å². The molecule has 0 aromatic heterocycles. The summed E-state index contributed by atoms with van der Waals surface area (Å²) < 4.78 is 10.7. The molecule has 0 saturated carbocycles. The lowest BCUT2D eigenvalue weighted by Crippen LogP contribution is -2.45. The van der Waals surface area contributed by atoms with Crippen molar-refractivity contribution in [1.82, 2.24) is 0 Å². The minimum atomic E-state index is -0.500. The first-order chi connectivity index (χ1) is 7.98. The smallest absolute Gasteiger partial charge is 0.212 e. The predicted octanol–water partition coefficient (Wildman–Crippen LogP) is 1.22. The van der Waals surface area contributed by atoms with Crippen molar-refractivity contribution in [3.8, 4) is 0 Å². The molecule has 2 N–H and O–H groups in total. The molecule has 98 valence electrons. The van der Waals surface area contributed by atoms with Gasteiger partial charge in [-0.05, 0) is 25.8 Å². The predicted molar refractivity (Wildman–Crippen MR) is 69.6 cm³/mol. The van der Waals surface area contributed by atoms with E-state index in [1.54, 1.807) is 14.2 Å². The molecule has 1 heterocycles. The van der Waals surface area contributed by atoms with Gasteiger partial charge < -0.3 is 15.2 Å². The van der Waals surface area contributed by atoms with E-state index in [-0.39, 0.29) is 6.04 Å². The van der Waals surface area contributed by atoms with Crippen LogP contribution in [-0.2, 0) is 9.47 Å². The molecular formula is C12H23N3O2. The van der Waals surface area contributed by atoms with Crippen LogP contribution in [0.3, 0.4) is 0 Å².